The molecular weight excluding hydrogens is 560 g/mol. The molecule has 2 aromatic rings. The molecule has 0 amide bonds. The van der Waals surface area contributed by atoms with E-state index in [1.165, 1.54) is 31.8 Å². The number of rotatable bonds is 20. The minimum atomic E-state index is -0.389. The molecule has 0 aliphatic heterocycles. The Morgan fingerprint density at radius 2 is 1.00 bits per heavy atom. The van der Waals surface area contributed by atoms with Gasteiger partial charge in [0.15, 0.2) is 0 Å². The Bertz CT molecular complexity index is 1130. The SMILES string of the molecule is C=CC(=O)OCCCCCCOc1ccc(OC(=O)C2CCC(C(=O)Oc3ccc(OCCCCCCC)cc3)CC2)cc1. The highest BCUT2D eigenvalue weighted by molar-refractivity contribution is 5.81. The Hall–Kier alpha value is -3.81. The molecule has 0 radical (unpaired) electrons. The van der Waals surface area contributed by atoms with Crippen LogP contribution in [0.4, 0.5) is 0 Å². The fraction of sp³-hybridized carbons (Fsp3) is 0.528. The Morgan fingerprint density at radius 3 is 1.41 bits per heavy atom. The topological polar surface area (TPSA) is 97.4 Å². The fourth-order valence-corrected chi connectivity index (χ4v) is 5.05. The summed E-state index contributed by atoms with van der Waals surface area (Å²) < 4.78 is 27.7. The number of carbonyl (C=O) groups is 3. The third-order valence-electron chi connectivity index (χ3n) is 7.71. The van der Waals surface area contributed by atoms with Gasteiger partial charge in [0, 0.05) is 6.08 Å². The average molecular weight is 609 g/mol. The number of esters is 3. The van der Waals surface area contributed by atoms with Crippen LogP contribution in [-0.4, -0.2) is 37.7 Å². The van der Waals surface area contributed by atoms with Crippen LogP contribution in [0.15, 0.2) is 61.2 Å². The molecule has 1 aliphatic carbocycles. The first-order chi connectivity index (χ1) is 21.5. The smallest absolute Gasteiger partial charge is 0.330 e. The summed E-state index contributed by atoms with van der Waals surface area (Å²) in [6.45, 7) is 7.25. The molecule has 0 N–H and O–H groups in total. The summed E-state index contributed by atoms with van der Waals surface area (Å²) in [6, 6.07) is 14.2. The zero-order valence-corrected chi connectivity index (χ0v) is 26.1. The molecule has 0 unspecified atom stereocenters. The van der Waals surface area contributed by atoms with E-state index in [4.69, 9.17) is 23.7 Å². The first kappa shape index (κ1) is 34.7. The average Bonchev–Trinajstić information content (AvgIpc) is 3.05. The van der Waals surface area contributed by atoms with Gasteiger partial charge in [-0.15, -0.1) is 0 Å². The summed E-state index contributed by atoms with van der Waals surface area (Å²) >= 11 is 0. The molecule has 1 fully saturated rings. The van der Waals surface area contributed by atoms with Gasteiger partial charge in [-0.1, -0.05) is 39.2 Å². The van der Waals surface area contributed by atoms with Crippen LogP contribution >= 0.6 is 0 Å². The van der Waals surface area contributed by atoms with E-state index in [2.05, 4.69) is 13.5 Å². The van der Waals surface area contributed by atoms with Gasteiger partial charge < -0.3 is 23.7 Å². The molecule has 0 saturated heterocycles. The molecule has 3 rings (SSSR count). The lowest BCUT2D eigenvalue weighted by atomic mass is 9.82. The summed E-state index contributed by atoms with van der Waals surface area (Å²) in [6.07, 6.45) is 13.1. The van der Waals surface area contributed by atoms with Crippen molar-refractivity contribution < 1.29 is 38.1 Å². The van der Waals surface area contributed by atoms with E-state index in [0.717, 1.165) is 37.9 Å². The molecular formula is C36H48O8. The predicted octanol–water partition coefficient (Wildman–Crippen LogP) is 8.02. The molecule has 1 aliphatic rings. The zero-order chi connectivity index (χ0) is 31.4. The third kappa shape index (κ3) is 13.2. The lowest BCUT2D eigenvalue weighted by Crippen LogP contribution is -2.30. The molecule has 1 saturated carbocycles. The van der Waals surface area contributed by atoms with Crippen LogP contribution < -0.4 is 18.9 Å². The van der Waals surface area contributed by atoms with Gasteiger partial charge in [0.1, 0.15) is 23.0 Å². The molecule has 0 heterocycles. The third-order valence-corrected chi connectivity index (χ3v) is 7.71. The maximum absolute atomic E-state index is 12.8. The highest BCUT2D eigenvalue weighted by Gasteiger charge is 2.32. The largest absolute Gasteiger partial charge is 0.494 e. The Balaban J connectivity index is 1.28. The number of ether oxygens (including phenoxy) is 5. The van der Waals surface area contributed by atoms with Crippen LogP contribution in [0, 0.1) is 11.8 Å². The predicted molar refractivity (Wildman–Crippen MR) is 169 cm³/mol. The zero-order valence-electron chi connectivity index (χ0n) is 26.1. The van der Waals surface area contributed by atoms with Gasteiger partial charge in [-0.25, -0.2) is 4.79 Å². The van der Waals surface area contributed by atoms with E-state index in [-0.39, 0.29) is 29.7 Å². The van der Waals surface area contributed by atoms with E-state index >= 15 is 0 Å². The van der Waals surface area contributed by atoms with Gasteiger partial charge in [0.25, 0.3) is 0 Å². The summed E-state index contributed by atoms with van der Waals surface area (Å²) in [5, 5.41) is 0. The van der Waals surface area contributed by atoms with Crippen LogP contribution in [0.25, 0.3) is 0 Å². The van der Waals surface area contributed by atoms with E-state index in [1.807, 2.05) is 12.1 Å². The van der Waals surface area contributed by atoms with Crippen molar-refractivity contribution in [3.63, 3.8) is 0 Å². The molecule has 0 atom stereocenters. The molecule has 8 heteroatoms. The molecule has 0 aromatic heterocycles. The van der Waals surface area contributed by atoms with Crippen molar-refractivity contribution in [3.05, 3.63) is 61.2 Å². The second kappa shape index (κ2) is 20.2. The van der Waals surface area contributed by atoms with Crippen LogP contribution in [0.3, 0.4) is 0 Å². The standard InChI is InChI=1S/C36H48O8/c1-3-5-6-7-10-25-40-30-17-21-32(22-18-30)43-35(38)28-13-15-29(16-14-28)36(39)44-33-23-19-31(20-24-33)41-26-11-8-9-12-27-42-34(37)4-2/h4,17-24,28-29H,2-3,5-16,25-27H2,1H3. The number of hydrogen-bond acceptors (Lipinski definition) is 8. The van der Waals surface area contributed by atoms with Crippen molar-refractivity contribution in [2.24, 2.45) is 11.8 Å². The van der Waals surface area contributed by atoms with E-state index in [9.17, 15) is 14.4 Å². The Kier molecular flexibility index (Phi) is 15.9. The van der Waals surface area contributed by atoms with Crippen molar-refractivity contribution in [1.29, 1.82) is 0 Å². The molecule has 0 spiro atoms. The Labute approximate surface area is 262 Å². The highest BCUT2D eigenvalue weighted by atomic mass is 16.5. The van der Waals surface area contributed by atoms with E-state index in [0.29, 0.717) is 62.8 Å². The molecule has 2 aromatic carbocycles. The summed E-state index contributed by atoms with van der Waals surface area (Å²) in [5.74, 6) is 1.07. The number of carbonyl (C=O) groups excluding carboxylic acids is 3. The maximum atomic E-state index is 12.8. The minimum absolute atomic E-state index is 0.232. The molecule has 0 bridgehead atoms. The molecule has 8 nitrogen and oxygen atoms in total. The number of hydrogen-bond donors (Lipinski definition) is 0. The van der Waals surface area contributed by atoms with E-state index in [1.54, 1.807) is 36.4 Å². The van der Waals surface area contributed by atoms with Gasteiger partial charge in [-0.2, -0.15) is 0 Å². The van der Waals surface area contributed by atoms with Crippen LogP contribution in [0.2, 0.25) is 0 Å². The summed E-state index contributed by atoms with van der Waals surface area (Å²) in [7, 11) is 0. The first-order valence-corrected chi connectivity index (χ1v) is 16.2. The highest BCUT2D eigenvalue weighted by Crippen LogP contribution is 2.32. The Morgan fingerprint density at radius 1 is 0.614 bits per heavy atom. The van der Waals surface area contributed by atoms with Gasteiger partial charge in [-0.05, 0) is 106 Å². The van der Waals surface area contributed by atoms with Crippen LogP contribution in [0.5, 0.6) is 23.0 Å². The van der Waals surface area contributed by atoms with Gasteiger partial charge in [0.2, 0.25) is 0 Å². The number of unbranched alkanes of at least 4 members (excludes halogenated alkanes) is 7. The lowest BCUT2D eigenvalue weighted by molar-refractivity contribution is -0.145. The van der Waals surface area contributed by atoms with Crippen molar-refractivity contribution in [2.75, 3.05) is 19.8 Å². The van der Waals surface area contributed by atoms with Crippen molar-refractivity contribution in [3.8, 4) is 23.0 Å². The summed E-state index contributed by atoms with van der Waals surface area (Å²) in [5.41, 5.74) is 0. The second-order valence-electron chi connectivity index (χ2n) is 11.2. The molecule has 44 heavy (non-hydrogen) atoms. The van der Waals surface area contributed by atoms with Gasteiger partial charge in [-0.3, -0.25) is 9.59 Å². The maximum Gasteiger partial charge on any atom is 0.330 e. The molecule has 240 valence electrons. The van der Waals surface area contributed by atoms with Crippen molar-refractivity contribution in [2.45, 2.75) is 90.4 Å². The summed E-state index contributed by atoms with van der Waals surface area (Å²) in [4.78, 5) is 36.5. The van der Waals surface area contributed by atoms with Gasteiger partial charge >= 0.3 is 17.9 Å². The van der Waals surface area contributed by atoms with Crippen LogP contribution in [-0.2, 0) is 19.1 Å². The quantitative estimate of drug-likeness (QED) is 0.0645. The van der Waals surface area contributed by atoms with Gasteiger partial charge in [0.05, 0.1) is 31.7 Å². The fourth-order valence-electron chi connectivity index (χ4n) is 5.05. The van der Waals surface area contributed by atoms with Crippen LogP contribution in [0.1, 0.15) is 90.4 Å². The number of benzene rings is 2. The van der Waals surface area contributed by atoms with Crippen molar-refractivity contribution >= 4 is 17.9 Å². The van der Waals surface area contributed by atoms with E-state index < -0.39 is 0 Å². The second-order valence-corrected chi connectivity index (χ2v) is 11.2. The van der Waals surface area contributed by atoms with Crippen molar-refractivity contribution in [1.82, 2.24) is 0 Å². The lowest BCUT2D eigenvalue weighted by Gasteiger charge is -2.25. The minimum Gasteiger partial charge on any atom is -0.494 e. The monoisotopic (exact) mass is 608 g/mol. The normalized spacial score (nSPS) is 16.0. The first-order valence-electron chi connectivity index (χ1n) is 16.2.